The largest absolute Gasteiger partial charge is 0.365 e. The predicted octanol–water partition coefficient (Wildman–Crippen LogP) is 6.71. The fourth-order valence-corrected chi connectivity index (χ4v) is 4.22. The Kier molecular flexibility index (Phi) is 5.60. The summed E-state index contributed by atoms with van der Waals surface area (Å²) < 4.78 is 1.73. The van der Waals surface area contributed by atoms with Gasteiger partial charge in [0.15, 0.2) is 11.4 Å². The van der Waals surface area contributed by atoms with Crippen molar-refractivity contribution in [2.45, 2.75) is 5.72 Å². The van der Waals surface area contributed by atoms with Crippen LogP contribution in [-0.4, -0.2) is 17.7 Å². The average molecular weight is 548 g/mol. The Hall–Kier alpha value is -2.37. The molecule has 1 aliphatic rings. The van der Waals surface area contributed by atoms with Crippen LogP contribution in [0.3, 0.4) is 0 Å². The van der Waals surface area contributed by atoms with Crippen LogP contribution < -0.4 is 9.80 Å². The maximum Gasteiger partial charge on any atom is 0.331 e. The third-order valence-corrected chi connectivity index (χ3v) is 6.14. The monoisotopic (exact) mass is 545 g/mol. The molecule has 0 aromatic heterocycles. The minimum atomic E-state index is -1.72. The summed E-state index contributed by atoms with van der Waals surface area (Å²) in [6, 6.07) is 18.6. The molecule has 150 valence electrons. The standard InChI is InChI=1S/C22H14Br2ClN3O2/c1-26-18-11-14(10-17(25)12-18)22(30)13-27(19-6-2-15(23)3-7-19)21(29)28(22)20-8-4-16(24)5-9-20/h2-12,30H,13H2. The summed E-state index contributed by atoms with van der Waals surface area (Å²) in [5.74, 6) is 0. The second kappa shape index (κ2) is 8.05. The number of rotatable bonds is 3. The third-order valence-electron chi connectivity index (χ3n) is 4.87. The van der Waals surface area contributed by atoms with Crippen molar-refractivity contribution >= 4 is 66.6 Å². The number of halogens is 3. The quantitative estimate of drug-likeness (QED) is 0.371. The van der Waals surface area contributed by atoms with Gasteiger partial charge in [-0.2, -0.15) is 0 Å². The Morgan fingerprint density at radius 1 is 0.967 bits per heavy atom. The summed E-state index contributed by atoms with van der Waals surface area (Å²) in [5, 5.41) is 12.1. The smallest absolute Gasteiger partial charge is 0.331 e. The number of benzene rings is 3. The number of β-amino-alcohol motifs (C(OH)–C–C–N with tert-alkyl or cyclic N) is 1. The van der Waals surface area contributed by atoms with Gasteiger partial charge in [0.1, 0.15) is 0 Å². The van der Waals surface area contributed by atoms with E-state index in [1.165, 1.54) is 15.9 Å². The number of amides is 2. The van der Waals surface area contributed by atoms with Gasteiger partial charge in [-0.15, -0.1) is 0 Å². The summed E-state index contributed by atoms with van der Waals surface area (Å²) in [4.78, 5) is 19.8. The van der Waals surface area contributed by atoms with Crippen LogP contribution in [0.2, 0.25) is 5.02 Å². The Balaban J connectivity index is 1.88. The molecule has 1 heterocycles. The van der Waals surface area contributed by atoms with E-state index in [1.807, 2.05) is 12.1 Å². The van der Waals surface area contributed by atoms with E-state index in [2.05, 4.69) is 36.7 Å². The van der Waals surface area contributed by atoms with E-state index in [0.29, 0.717) is 22.0 Å². The molecule has 1 atom stereocenters. The highest BCUT2D eigenvalue weighted by molar-refractivity contribution is 9.10. The first-order valence-electron chi connectivity index (χ1n) is 8.85. The first-order chi connectivity index (χ1) is 14.3. The molecule has 8 heteroatoms. The SMILES string of the molecule is [C-]#[N+]c1cc(Cl)cc(C2(O)CN(c3ccc(Br)cc3)C(=O)N2c2ccc(Br)cc2)c1. The molecule has 0 spiro atoms. The van der Waals surface area contributed by atoms with Gasteiger partial charge in [-0.25, -0.2) is 9.64 Å². The molecule has 0 aliphatic carbocycles. The van der Waals surface area contributed by atoms with E-state index in [9.17, 15) is 9.90 Å². The lowest BCUT2D eigenvalue weighted by Crippen LogP contribution is -2.44. The van der Waals surface area contributed by atoms with Gasteiger partial charge < -0.3 is 5.11 Å². The van der Waals surface area contributed by atoms with Crippen molar-refractivity contribution in [2.24, 2.45) is 0 Å². The summed E-state index contributed by atoms with van der Waals surface area (Å²) in [6.07, 6.45) is 0. The highest BCUT2D eigenvalue weighted by atomic mass is 79.9. The van der Waals surface area contributed by atoms with E-state index in [0.717, 1.165) is 8.95 Å². The molecular weight excluding hydrogens is 534 g/mol. The van der Waals surface area contributed by atoms with Crippen molar-refractivity contribution in [3.63, 3.8) is 0 Å². The van der Waals surface area contributed by atoms with Crippen LogP contribution >= 0.6 is 43.5 Å². The fraction of sp³-hybridized carbons (Fsp3) is 0.0909. The summed E-state index contributed by atoms with van der Waals surface area (Å²) in [5.41, 5.74) is 0.110. The van der Waals surface area contributed by atoms with E-state index in [4.69, 9.17) is 18.2 Å². The van der Waals surface area contributed by atoms with Crippen LogP contribution in [0.15, 0.2) is 75.7 Å². The average Bonchev–Trinajstić information content (AvgIpc) is 3.00. The molecule has 1 saturated heterocycles. The predicted molar refractivity (Wildman–Crippen MR) is 125 cm³/mol. The van der Waals surface area contributed by atoms with E-state index >= 15 is 0 Å². The molecule has 5 nitrogen and oxygen atoms in total. The number of carbonyl (C=O) groups is 1. The van der Waals surface area contributed by atoms with E-state index in [-0.39, 0.29) is 18.3 Å². The lowest BCUT2D eigenvalue weighted by atomic mass is 10.0. The van der Waals surface area contributed by atoms with Gasteiger partial charge in [-0.3, -0.25) is 9.80 Å². The van der Waals surface area contributed by atoms with Gasteiger partial charge in [0.2, 0.25) is 0 Å². The number of nitrogens with zero attached hydrogens (tertiary/aromatic N) is 3. The van der Waals surface area contributed by atoms with Crippen LogP contribution in [0.25, 0.3) is 4.85 Å². The zero-order valence-corrected chi connectivity index (χ0v) is 19.3. The number of aliphatic hydroxyl groups is 1. The van der Waals surface area contributed by atoms with Gasteiger partial charge in [-0.05, 0) is 72.3 Å². The number of anilines is 2. The molecule has 3 aromatic rings. The first-order valence-corrected chi connectivity index (χ1v) is 10.8. The summed E-state index contributed by atoms with van der Waals surface area (Å²) in [6.45, 7) is 7.30. The minimum absolute atomic E-state index is 0.0265. The molecule has 3 aromatic carbocycles. The van der Waals surface area contributed by atoms with Crippen molar-refractivity contribution in [1.82, 2.24) is 0 Å². The van der Waals surface area contributed by atoms with Gasteiger partial charge in [-0.1, -0.05) is 43.5 Å². The zero-order chi connectivity index (χ0) is 21.5. The van der Waals surface area contributed by atoms with Crippen molar-refractivity contribution in [1.29, 1.82) is 0 Å². The molecule has 30 heavy (non-hydrogen) atoms. The molecule has 1 aliphatic heterocycles. The van der Waals surface area contributed by atoms with Crippen LogP contribution in [-0.2, 0) is 5.72 Å². The summed E-state index contributed by atoms with van der Waals surface area (Å²) in [7, 11) is 0. The van der Waals surface area contributed by atoms with Gasteiger partial charge >= 0.3 is 6.03 Å². The number of hydrogen-bond donors (Lipinski definition) is 1. The minimum Gasteiger partial charge on any atom is -0.365 e. The maximum atomic E-state index is 13.5. The lowest BCUT2D eigenvalue weighted by Gasteiger charge is -2.32. The van der Waals surface area contributed by atoms with Crippen LogP contribution in [0.5, 0.6) is 0 Å². The molecule has 0 radical (unpaired) electrons. The molecular formula is C22H14Br2ClN3O2. The Morgan fingerprint density at radius 2 is 1.53 bits per heavy atom. The molecule has 1 unspecified atom stereocenters. The highest BCUT2D eigenvalue weighted by Gasteiger charge is 2.51. The Morgan fingerprint density at radius 3 is 2.10 bits per heavy atom. The van der Waals surface area contributed by atoms with Crippen molar-refractivity contribution in [3.8, 4) is 0 Å². The maximum absolute atomic E-state index is 13.5. The molecule has 0 saturated carbocycles. The van der Waals surface area contributed by atoms with E-state index < -0.39 is 5.72 Å². The van der Waals surface area contributed by atoms with Crippen LogP contribution in [0.4, 0.5) is 21.9 Å². The summed E-state index contributed by atoms with van der Waals surface area (Å²) >= 11 is 13.0. The topological polar surface area (TPSA) is 48.1 Å². The van der Waals surface area contributed by atoms with Crippen molar-refractivity contribution in [2.75, 3.05) is 16.3 Å². The van der Waals surface area contributed by atoms with Crippen LogP contribution in [0, 0.1) is 6.57 Å². The van der Waals surface area contributed by atoms with Crippen LogP contribution in [0.1, 0.15) is 5.56 Å². The fourth-order valence-electron chi connectivity index (χ4n) is 3.46. The zero-order valence-electron chi connectivity index (χ0n) is 15.4. The first kappa shape index (κ1) is 20.9. The number of urea groups is 1. The van der Waals surface area contributed by atoms with Gasteiger partial charge in [0, 0.05) is 25.3 Å². The van der Waals surface area contributed by atoms with Crippen molar-refractivity contribution < 1.29 is 9.90 Å². The van der Waals surface area contributed by atoms with Gasteiger partial charge in [0.25, 0.3) is 0 Å². The second-order valence-electron chi connectivity index (χ2n) is 6.78. The Labute approximate surface area is 195 Å². The molecule has 1 fully saturated rings. The lowest BCUT2D eigenvalue weighted by molar-refractivity contribution is 0.0656. The van der Waals surface area contributed by atoms with Gasteiger partial charge in [0.05, 0.1) is 13.1 Å². The molecule has 0 bridgehead atoms. The second-order valence-corrected chi connectivity index (χ2v) is 9.05. The molecule has 1 N–H and O–H groups in total. The third kappa shape index (κ3) is 3.72. The van der Waals surface area contributed by atoms with Crippen molar-refractivity contribution in [3.05, 3.63) is 97.7 Å². The normalized spacial score (nSPS) is 18.6. The van der Waals surface area contributed by atoms with E-state index in [1.54, 1.807) is 48.5 Å². The number of hydrogen-bond acceptors (Lipinski definition) is 2. The molecule has 2 amide bonds. The molecule has 4 rings (SSSR count). The Bertz CT molecular complexity index is 1160. The highest BCUT2D eigenvalue weighted by Crippen LogP contribution is 2.42. The number of carbonyl (C=O) groups excluding carboxylic acids is 1.